The van der Waals surface area contributed by atoms with Crippen molar-refractivity contribution in [3.05, 3.63) is 57.2 Å². The molecule has 0 bridgehead atoms. The van der Waals surface area contributed by atoms with E-state index in [1.54, 1.807) is 17.5 Å². The normalized spacial score (nSPS) is 13.2. The summed E-state index contributed by atoms with van der Waals surface area (Å²) in [4.78, 5) is 16.1. The fourth-order valence-electron chi connectivity index (χ4n) is 2.05. The van der Waals surface area contributed by atoms with Gasteiger partial charge in [0.25, 0.3) is 0 Å². The Balaban J connectivity index is 1.62. The molecule has 2 heterocycles. The fourth-order valence-corrected chi connectivity index (χ4v) is 4.36. The number of rotatable bonds is 6. The van der Waals surface area contributed by atoms with Gasteiger partial charge in [-0.15, -0.1) is 32.9 Å². The second-order valence-electron chi connectivity index (χ2n) is 4.95. The molecule has 0 radical (unpaired) electrons. The van der Waals surface area contributed by atoms with Gasteiger partial charge >= 0.3 is 6.03 Å². The van der Waals surface area contributed by atoms with Gasteiger partial charge in [-0.05, 0) is 17.7 Å². The van der Waals surface area contributed by atoms with Gasteiger partial charge in [0.05, 0.1) is 5.69 Å². The summed E-state index contributed by atoms with van der Waals surface area (Å²) < 4.78 is 34.2. The maximum Gasteiger partial charge on any atom is 0.321 e. The second kappa shape index (κ2) is 8.40. The Morgan fingerprint density at radius 2 is 2.23 bits per heavy atom. The second-order valence-corrected chi connectivity index (χ2v) is 7.69. The van der Waals surface area contributed by atoms with E-state index in [1.165, 1.54) is 17.6 Å². The van der Waals surface area contributed by atoms with Crippen molar-refractivity contribution in [2.24, 2.45) is 0 Å². The van der Waals surface area contributed by atoms with Gasteiger partial charge in [0.1, 0.15) is 16.3 Å². The number of amides is 2. The lowest BCUT2D eigenvalue weighted by Crippen LogP contribution is -2.28. The first-order valence-electron chi connectivity index (χ1n) is 7.13. The monoisotopic (exact) mass is 413 g/mol. The smallest absolute Gasteiger partial charge is 0.321 e. The number of anilines is 1. The van der Waals surface area contributed by atoms with Crippen molar-refractivity contribution in [1.82, 2.24) is 20.5 Å². The number of carbonyl (C=O) groups excluding carboxylic acids is 1. The Morgan fingerprint density at radius 3 is 2.92 bits per heavy atom. The minimum atomic E-state index is -2.23. The molecule has 1 aromatic carbocycles. The lowest BCUT2D eigenvalue weighted by molar-refractivity contribution is 0.251. The van der Waals surface area contributed by atoms with Crippen LogP contribution in [0.15, 0.2) is 35.2 Å². The summed E-state index contributed by atoms with van der Waals surface area (Å²) in [6.07, 6.45) is 0. The summed E-state index contributed by atoms with van der Waals surface area (Å²) in [5.74, 6) is -0.381. The van der Waals surface area contributed by atoms with Gasteiger partial charge in [0.15, 0.2) is 21.5 Å². The van der Waals surface area contributed by atoms with Crippen LogP contribution in [0.1, 0.15) is 21.5 Å². The van der Waals surface area contributed by atoms with E-state index in [2.05, 4.69) is 25.8 Å². The molecule has 0 aliphatic rings. The van der Waals surface area contributed by atoms with Crippen LogP contribution in [-0.4, -0.2) is 30.0 Å². The highest BCUT2D eigenvalue weighted by Crippen LogP contribution is 2.30. The Labute approximate surface area is 157 Å². The minimum absolute atomic E-state index is 0.149. The van der Waals surface area contributed by atoms with Crippen molar-refractivity contribution in [1.29, 1.82) is 0 Å². The molecule has 3 N–H and O–H groups in total. The number of nitrogens with zero attached hydrogens (tertiary/aromatic N) is 3. The molecule has 2 atom stereocenters. The zero-order chi connectivity index (χ0) is 18.5. The molecule has 2 amide bonds. The maximum absolute atomic E-state index is 13.1. The first kappa shape index (κ1) is 18.5. The maximum atomic E-state index is 13.1. The molecule has 0 fully saturated rings. The SMILES string of the molecule is O=C(NCc1cccc(F)c1)Nc1nc(C(c2nncs2)S(=O)O)cs1. The first-order valence-corrected chi connectivity index (χ1v) is 10.1. The highest BCUT2D eigenvalue weighted by Gasteiger charge is 2.26. The van der Waals surface area contributed by atoms with Gasteiger partial charge < -0.3 is 9.87 Å². The number of nitrogens with one attached hydrogen (secondary N) is 2. The van der Waals surface area contributed by atoms with E-state index in [-0.39, 0.29) is 17.5 Å². The number of aromatic nitrogens is 3. The highest BCUT2D eigenvalue weighted by atomic mass is 32.2. The third kappa shape index (κ3) is 4.66. The van der Waals surface area contributed by atoms with Gasteiger partial charge in [-0.3, -0.25) is 5.32 Å². The molecule has 2 unspecified atom stereocenters. The lowest BCUT2D eigenvalue weighted by atomic mass is 10.2. The van der Waals surface area contributed by atoms with E-state index in [0.717, 1.165) is 22.7 Å². The Morgan fingerprint density at radius 1 is 1.38 bits per heavy atom. The largest absolute Gasteiger partial charge is 0.334 e. The number of carbonyl (C=O) groups is 1. The topological polar surface area (TPSA) is 117 Å². The quantitative estimate of drug-likeness (QED) is 0.535. The standard InChI is InChI=1S/C14H12FN5O3S3/c15-9-3-1-2-8(4-9)5-16-13(21)19-14-18-10(6-24-14)11(26(22)23)12-20-17-7-25-12/h1-4,6-7,11H,5H2,(H,22,23)(H2,16,18,19,21). The van der Waals surface area contributed by atoms with E-state index in [1.807, 2.05) is 0 Å². The molecular formula is C14H12FN5O3S3. The number of benzene rings is 1. The van der Waals surface area contributed by atoms with Crippen LogP contribution in [0, 0.1) is 5.82 Å². The molecular weight excluding hydrogens is 401 g/mol. The van der Waals surface area contributed by atoms with Crippen LogP contribution in [0.25, 0.3) is 0 Å². The molecule has 0 saturated carbocycles. The number of urea groups is 1. The zero-order valence-corrected chi connectivity index (χ0v) is 15.4. The Hall–Kier alpha value is -2.28. The molecule has 3 aromatic rings. The van der Waals surface area contributed by atoms with Gasteiger partial charge in [0.2, 0.25) is 0 Å². The van der Waals surface area contributed by atoms with E-state index < -0.39 is 22.4 Å². The van der Waals surface area contributed by atoms with Crippen molar-refractivity contribution in [3.63, 3.8) is 0 Å². The van der Waals surface area contributed by atoms with Crippen LogP contribution in [0.4, 0.5) is 14.3 Å². The third-order valence-electron chi connectivity index (χ3n) is 3.16. The van der Waals surface area contributed by atoms with Crippen molar-refractivity contribution in [2.75, 3.05) is 5.32 Å². The zero-order valence-electron chi connectivity index (χ0n) is 13.0. The van der Waals surface area contributed by atoms with Crippen molar-refractivity contribution >= 4 is 44.9 Å². The average Bonchev–Trinajstić information content (AvgIpc) is 3.26. The van der Waals surface area contributed by atoms with Gasteiger partial charge in [0, 0.05) is 11.9 Å². The van der Waals surface area contributed by atoms with Crippen LogP contribution >= 0.6 is 22.7 Å². The molecule has 0 aliphatic carbocycles. The van der Waals surface area contributed by atoms with Crippen LogP contribution in [0.5, 0.6) is 0 Å². The Kier molecular flexibility index (Phi) is 5.98. The number of halogens is 1. The van der Waals surface area contributed by atoms with Gasteiger partial charge in [-0.25, -0.2) is 18.4 Å². The van der Waals surface area contributed by atoms with E-state index >= 15 is 0 Å². The molecule has 0 spiro atoms. The lowest BCUT2D eigenvalue weighted by Gasteiger charge is -2.07. The average molecular weight is 413 g/mol. The highest BCUT2D eigenvalue weighted by molar-refractivity contribution is 7.79. The predicted molar refractivity (Wildman–Crippen MR) is 96.9 cm³/mol. The molecule has 0 saturated heterocycles. The van der Waals surface area contributed by atoms with Crippen molar-refractivity contribution < 1.29 is 17.9 Å². The van der Waals surface area contributed by atoms with Crippen molar-refractivity contribution in [3.8, 4) is 0 Å². The molecule has 136 valence electrons. The van der Waals surface area contributed by atoms with Crippen LogP contribution < -0.4 is 10.6 Å². The summed E-state index contributed by atoms with van der Waals surface area (Å²) in [7, 11) is 0. The first-order chi connectivity index (χ1) is 12.5. The minimum Gasteiger partial charge on any atom is -0.334 e. The fraction of sp³-hybridized carbons (Fsp3) is 0.143. The van der Waals surface area contributed by atoms with Crippen LogP contribution in [-0.2, 0) is 17.6 Å². The van der Waals surface area contributed by atoms with E-state index in [9.17, 15) is 17.9 Å². The summed E-state index contributed by atoms with van der Waals surface area (Å²) in [6.45, 7) is 0.149. The molecule has 2 aromatic heterocycles. The Bertz CT molecular complexity index is 918. The molecule has 8 nitrogen and oxygen atoms in total. The molecule has 26 heavy (non-hydrogen) atoms. The predicted octanol–water partition coefficient (Wildman–Crippen LogP) is 2.77. The number of hydrogen-bond acceptors (Lipinski definition) is 7. The summed E-state index contributed by atoms with van der Waals surface area (Å²) >= 11 is 0.0307. The summed E-state index contributed by atoms with van der Waals surface area (Å²) in [5, 5.41) is 13.8. The number of thiazole rings is 1. The molecule has 0 aliphatic heterocycles. The number of hydrogen-bond donors (Lipinski definition) is 3. The van der Waals surface area contributed by atoms with Gasteiger partial charge in [-0.1, -0.05) is 12.1 Å². The molecule has 12 heteroatoms. The van der Waals surface area contributed by atoms with Crippen molar-refractivity contribution in [2.45, 2.75) is 11.8 Å². The van der Waals surface area contributed by atoms with E-state index in [0.29, 0.717) is 16.3 Å². The van der Waals surface area contributed by atoms with Crippen LogP contribution in [0.2, 0.25) is 0 Å². The van der Waals surface area contributed by atoms with E-state index in [4.69, 9.17) is 0 Å². The summed E-state index contributed by atoms with van der Waals surface area (Å²) in [6, 6.07) is 5.37. The summed E-state index contributed by atoms with van der Waals surface area (Å²) in [5.41, 5.74) is 2.39. The molecule has 3 rings (SSSR count). The third-order valence-corrected chi connectivity index (χ3v) is 5.71. The van der Waals surface area contributed by atoms with Gasteiger partial charge in [-0.2, -0.15) is 0 Å². The van der Waals surface area contributed by atoms with Crippen LogP contribution in [0.3, 0.4) is 0 Å².